The number of benzene rings is 1. The molecule has 0 aliphatic carbocycles. The van der Waals surface area contributed by atoms with Crippen LogP contribution in [0.4, 0.5) is 0 Å². The highest BCUT2D eigenvalue weighted by molar-refractivity contribution is 7.12. The molecule has 2 heterocycles. The molecular formula is C19H18N2O4S. The van der Waals surface area contributed by atoms with Crippen molar-refractivity contribution >= 4 is 23.1 Å². The number of esters is 1. The molecule has 3 rings (SSSR count). The second kappa shape index (κ2) is 8.44. The molecule has 134 valence electrons. The molecule has 0 saturated carbocycles. The smallest absolute Gasteiger partial charge is 0.362 e. The number of thiophene rings is 1. The van der Waals surface area contributed by atoms with E-state index in [4.69, 9.17) is 9.47 Å². The zero-order chi connectivity index (χ0) is 18.4. The number of Topliss-reactive ketones (excluding diaryl/α,β-unsaturated/α-hetero) is 1. The third kappa shape index (κ3) is 4.18. The Kier molecular flexibility index (Phi) is 5.80. The number of ketones is 1. The lowest BCUT2D eigenvalue weighted by molar-refractivity contribution is 0.0483. The third-order valence-corrected chi connectivity index (χ3v) is 4.60. The second-order valence-corrected chi connectivity index (χ2v) is 6.41. The van der Waals surface area contributed by atoms with Crippen LogP contribution in [-0.2, 0) is 4.74 Å². The van der Waals surface area contributed by atoms with E-state index in [-0.39, 0.29) is 18.1 Å². The summed E-state index contributed by atoms with van der Waals surface area (Å²) in [7, 11) is 1.48. The van der Waals surface area contributed by atoms with Gasteiger partial charge in [0, 0.05) is 6.42 Å². The largest absolute Gasteiger partial charge is 0.493 e. The summed E-state index contributed by atoms with van der Waals surface area (Å²) < 4.78 is 12.0. The molecule has 0 amide bonds. The van der Waals surface area contributed by atoms with Gasteiger partial charge in [0.25, 0.3) is 0 Å². The number of aromatic nitrogens is 2. The molecule has 0 fully saturated rings. The van der Waals surface area contributed by atoms with Crippen LogP contribution in [0.25, 0.3) is 5.69 Å². The van der Waals surface area contributed by atoms with Crippen LogP contribution in [0.15, 0.2) is 54.0 Å². The second-order valence-electron chi connectivity index (χ2n) is 5.47. The zero-order valence-corrected chi connectivity index (χ0v) is 15.1. The molecule has 0 saturated heterocycles. The molecule has 0 N–H and O–H groups in total. The standard InChI is InChI=1S/C19H18N2O4S/c1-24-16-13-21(14-7-3-2-4-8-14)20-18(16)19(23)25-11-5-9-15(22)17-10-6-12-26-17/h2-4,6-8,10,12-13H,5,9,11H2,1H3. The van der Waals surface area contributed by atoms with Gasteiger partial charge in [0.15, 0.2) is 11.5 Å². The molecule has 0 unspecified atom stereocenters. The van der Waals surface area contributed by atoms with Crippen molar-refractivity contribution in [1.82, 2.24) is 9.78 Å². The lowest BCUT2D eigenvalue weighted by Crippen LogP contribution is -2.10. The molecule has 26 heavy (non-hydrogen) atoms. The summed E-state index contributed by atoms with van der Waals surface area (Å²) in [5.74, 6) is -0.171. The highest BCUT2D eigenvalue weighted by Crippen LogP contribution is 2.20. The monoisotopic (exact) mass is 370 g/mol. The van der Waals surface area contributed by atoms with E-state index in [2.05, 4.69) is 5.10 Å². The van der Waals surface area contributed by atoms with Gasteiger partial charge in [-0.15, -0.1) is 11.3 Å². The normalized spacial score (nSPS) is 10.5. The van der Waals surface area contributed by atoms with Gasteiger partial charge >= 0.3 is 5.97 Å². The molecule has 0 aliphatic heterocycles. The first kappa shape index (κ1) is 17.9. The predicted octanol–water partition coefficient (Wildman–Crippen LogP) is 3.76. The Morgan fingerprint density at radius 1 is 1.15 bits per heavy atom. The average molecular weight is 370 g/mol. The summed E-state index contributed by atoms with van der Waals surface area (Å²) in [5.41, 5.74) is 0.923. The van der Waals surface area contributed by atoms with E-state index < -0.39 is 5.97 Å². The molecule has 0 spiro atoms. The van der Waals surface area contributed by atoms with Gasteiger partial charge < -0.3 is 9.47 Å². The topological polar surface area (TPSA) is 70.4 Å². The molecular weight excluding hydrogens is 352 g/mol. The SMILES string of the molecule is COc1cn(-c2ccccc2)nc1C(=O)OCCCC(=O)c1cccs1. The minimum atomic E-state index is -0.569. The van der Waals surface area contributed by atoms with Crippen molar-refractivity contribution in [1.29, 1.82) is 0 Å². The fraction of sp³-hybridized carbons (Fsp3) is 0.211. The van der Waals surface area contributed by atoms with Gasteiger partial charge in [-0.05, 0) is 30.0 Å². The first-order chi connectivity index (χ1) is 12.7. The van der Waals surface area contributed by atoms with Gasteiger partial charge in [-0.2, -0.15) is 5.10 Å². The van der Waals surface area contributed by atoms with Crippen LogP contribution in [0.5, 0.6) is 5.75 Å². The summed E-state index contributed by atoms with van der Waals surface area (Å²) in [5, 5.41) is 6.12. The Morgan fingerprint density at radius 3 is 2.65 bits per heavy atom. The van der Waals surface area contributed by atoms with Crippen LogP contribution in [0.2, 0.25) is 0 Å². The Balaban J connectivity index is 1.57. The molecule has 3 aromatic rings. The van der Waals surface area contributed by atoms with Gasteiger partial charge in [0.2, 0.25) is 5.69 Å². The lowest BCUT2D eigenvalue weighted by Gasteiger charge is -2.03. The van der Waals surface area contributed by atoms with E-state index >= 15 is 0 Å². The summed E-state index contributed by atoms with van der Waals surface area (Å²) >= 11 is 1.41. The fourth-order valence-electron chi connectivity index (χ4n) is 2.39. The summed E-state index contributed by atoms with van der Waals surface area (Å²) in [6.07, 6.45) is 2.43. The number of methoxy groups -OCH3 is 1. The number of carbonyl (C=O) groups excluding carboxylic acids is 2. The molecule has 0 bridgehead atoms. The summed E-state index contributed by atoms with van der Waals surface area (Å²) in [4.78, 5) is 24.9. The lowest BCUT2D eigenvalue weighted by atomic mass is 10.2. The van der Waals surface area contributed by atoms with E-state index in [1.807, 2.05) is 41.8 Å². The van der Waals surface area contributed by atoms with Crippen molar-refractivity contribution in [3.8, 4) is 11.4 Å². The van der Waals surface area contributed by atoms with Gasteiger partial charge in [-0.1, -0.05) is 24.3 Å². The molecule has 7 heteroatoms. The fourth-order valence-corrected chi connectivity index (χ4v) is 3.08. The Morgan fingerprint density at radius 2 is 1.96 bits per heavy atom. The minimum absolute atomic E-state index is 0.0574. The Bertz CT molecular complexity index is 872. The maximum atomic E-state index is 12.3. The number of hydrogen-bond acceptors (Lipinski definition) is 6. The first-order valence-corrected chi connectivity index (χ1v) is 9.00. The van der Waals surface area contributed by atoms with Crippen LogP contribution in [-0.4, -0.2) is 35.2 Å². The first-order valence-electron chi connectivity index (χ1n) is 8.12. The molecule has 1 aromatic carbocycles. The van der Waals surface area contributed by atoms with Gasteiger partial charge in [-0.25, -0.2) is 9.48 Å². The van der Waals surface area contributed by atoms with E-state index in [9.17, 15) is 9.59 Å². The van der Waals surface area contributed by atoms with Crippen LogP contribution in [0, 0.1) is 0 Å². The molecule has 0 radical (unpaired) electrons. The number of carbonyl (C=O) groups is 2. The third-order valence-electron chi connectivity index (χ3n) is 3.69. The van der Waals surface area contributed by atoms with E-state index in [1.165, 1.54) is 18.4 Å². The van der Waals surface area contributed by atoms with Crippen molar-refractivity contribution in [2.24, 2.45) is 0 Å². The Labute approximate surface area is 155 Å². The summed E-state index contributed by atoms with van der Waals surface area (Å²) in [6.45, 7) is 0.150. The van der Waals surface area contributed by atoms with Gasteiger partial charge in [-0.3, -0.25) is 4.79 Å². The molecule has 2 aromatic heterocycles. The number of nitrogens with zero attached hydrogens (tertiary/aromatic N) is 2. The summed E-state index contributed by atoms with van der Waals surface area (Å²) in [6, 6.07) is 13.0. The van der Waals surface area contributed by atoms with Crippen LogP contribution < -0.4 is 4.74 Å². The van der Waals surface area contributed by atoms with Gasteiger partial charge in [0.1, 0.15) is 0 Å². The van der Waals surface area contributed by atoms with E-state index in [1.54, 1.807) is 16.9 Å². The number of para-hydroxylation sites is 1. The van der Waals surface area contributed by atoms with Crippen molar-refractivity contribution in [2.75, 3.05) is 13.7 Å². The maximum absolute atomic E-state index is 12.3. The van der Waals surface area contributed by atoms with E-state index in [0.29, 0.717) is 18.6 Å². The van der Waals surface area contributed by atoms with Crippen LogP contribution >= 0.6 is 11.3 Å². The highest BCUT2D eigenvalue weighted by atomic mass is 32.1. The van der Waals surface area contributed by atoms with Crippen molar-refractivity contribution in [3.63, 3.8) is 0 Å². The molecule has 0 atom stereocenters. The predicted molar refractivity (Wildman–Crippen MR) is 98.3 cm³/mol. The van der Waals surface area contributed by atoms with Crippen molar-refractivity contribution in [3.05, 3.63) is 64.6 Å². The molecule has 0 aliphatic rings. The maximum Gasteiger partial charge on any atom is 0.362 e. The quantitative estimate of drug-likeness (QED) is 0.343. The zero-order valence-electron chi connectivity index (χ0n) is 14.3. The average Bonchev–Trinajstić information content (AvgIpc) is 3.35. The van der Waals surface area contributed by atoms with Gasteiger partial charge in [0.05, 0.1) is 30.5 Å². The van der Waals surface area contributed by atoms with Crippen LogP contribution in [0.1, 0.15) is 33.0 Å². The minimum Gasteiger partial charge on any atom is -0.493 e. The van der Waals surface area contributed by atoms with Crippen LogP contribution in [0.3, 0.4) is 0 Å². The highest BCUT2D eigenvalue weighted by Gasteiger charge is 2.20. The molecule has 6 nitrogen and oxygen atoms in total. The van der Waals surface area contributed by atoms with Crippen molar-refractivity contribution in [2.45, 2.75) is 12.8 Å². The van der Waals surface area contributed by atoms with Crippen molar-refractivity contribution < 1.29 is 19.1 Å². The number of ether oxygens (including phenoxy) is 2. The van der Waals surface area contributed by atoms with E-state index in [0.717, 1.165) is 10.6 Å². The number of hydrogen-bond donors (Lipinski definition) is 0. The Hall–Kier alpha value is -2.93. The number of rotatable bonds is 8.